The van der Waals surface area contributed by atoms with E-state index in [9.17, 15) is 18.0 Å². The van der Waals surface area contributed by atoms with Crippen molar-refractivity contribution in [3.8, 4) is 5.75 Å². The largest absolute Gasteiger partial charge is 0.496 e. The molecule has 0 unspecified atom stereocenters. The van der Waals surface area contributed by atoms with Crippen LogP contribution in [-0.2, 0) is 19.6 Å². The first-order valence-corrected chi connectivity index (χ1v) is 12.4. The average Bonchev–Trinajstić information content (AvgIpc) is 3.07. The topological polar surface area (TPSA) is 93.2 Å². The highest BCUT2D eigenvalue weighted by Crippen LogP contribution is 2.27. The Morgan fingerprint density at radius 1 is 1.03 bits per heavy atom. The minimum absolute atomic E-state index is 0.00142. The lowest BCUT2D eigenvalue weighted by atomic mass is 9.99. The van der Waals surface area contributed by atoms with Crippen molar-refractivity contribution in [3.63, 3.8) is 0 Å². The third-order valence-electron chi connectivity index (χ3n) is 6.06. The van der Waals surface area contributed by atoms with E-state index in [1.807, 2.05) is 0 Å². The number of methoxy groups -OCH3 is 1. The lowest BCUT2D eigenvalue weighted by molar-refractivity contribution is -0.135. The predicted octanol–water partition coefficient (Wildman–Crippen LogP) is 2.68. The Bertz CT molecular complexity index is 885. The van der Waals surface area contributed by atoms with Crippen LogP contribution in [0.15, 0.2) is 23.1 Å². The van der Waals surface area contributed by atoms with Crippen molar-refractivity contribution in [3.05, 3.63) is 23.8 Å². The minimum Gasteiger partial charge on any atom is -0.496 e. The van der Waals surface area contributed by atoms with Crippen LogP contribution in [-0.4, -0.2) is 69.4 Å². The highest BCUT2D eigenvalue weighted by atomic mass is 32.2. The summed E-state index contributed by atoms with van der Waals surface area (Å²) in [5.74, 6) is -0.222. The van der Waals surface area contributed by atoms with Crippen LogP contribution in [0, 0.1) is 5.92 Å². The van der Waals surface area contributed by atoms with E-state index < -0.39 is 16.0 Å². The highest BCUT2D eigenvalue weighted by Gasteiger charge is 2.28. The molecule has 31 heavy (non-hydrogen) atoms. The fourth-order valence-corrected chi connectivity index (χ4v) is 5.54. The summed E-state index contributed by atoms with van der Waals surface area (Å²) in [6.45, 7) is 4.03. The Hall–Kier alpha value is -2.13. The van der Waals surface area contributed by atoms with Gasteiger partial charge in [0.25, 0.3) is 5.91 Å². The van der Waals surface area contributed by atoms with Gasteiger partial charge >= 0.3 is 5.97 Å². The van der Waals surface area contributed by atoms with Crippen LogP contribution in [0.1, 0.15) is 55.8 Å². The van der Waals surface area contributed by atoms with Crippen LogP contribution in [0.2, 0.25) is 0 Å². The maximum absolute atomic E-state index is 13.1. The zero-order chi connectivity index (χ0) is 22.4. The van der Waals surface area contributed by atoms with Crippen molar-refractivity contribution in [1.29, 1.82) is 0 Å². The Balaban J connectivity index is 1.72. The Morgan fingerprint density at radius 3 is 2.29 bits per heavy atom. The smallest absolute Gasteiger partial charge is 0.342 e. The molecule has 2 saturated heterocycles. The Labute approximate surface area is 184 Å². The summed E-state index contributed by atoms with van der Waals surface area (Å²) in [7, 11) is -2.33. The standard InChI is InChI=1S/C22H32N2O6S/c1-17-9-13-23(14-10-17)21(25)16-30-22(26)19-15-18(7-8-20(19)29-2)31(27,28)24-11-5-3-4-6-12-24/h7-8,15,17H,3-6,9-14,16H2,1-2H3. The molecule has 8 nitrogen and oxygen atoms in total. The van der Waals surface area contributed by atoms with Crippen molar-refractivity contribution >= 4 is 21.9 Å². The molecule has 0 spiro atoms. The number of hydrogen-bond donors (Lipinski definition) is 0. The summed E-state index contributed by atoms with van der Waals surface area (Å²) in [4.78, 5) is 26.8. The number of benzene rings is 1. The number of piperidine rings is 1. The summed E-state index contributed by atoms with van der Waals surface area (Å²) in [5, 5.41) is 0. The molecule has 2 fully saturated rings. The van der Waals surface area contributed by atoms with Crippen LogP contribution in [0.4, 0.5) is 0 Å². The van der Waals surface area contributed by atoms with E-state index in [-0.39, 0.29) is 28.7 Å². The highest BCUT2D eigenvalue weighted by molar-refractivity contribution is 7.89. The molecule has 1 aromatic rings. The van der Waals surface area contributed by atoms with Gasteiger partial charge in [0.1, 0.15) is 11.3 Å². The molecule has 2 aliphatic heterocycles. The van der Waals surface area contributed by atoms with E-state index in [2.05, 4.69) is 6.92 Å². The molecule has 0 N–H and O–H groups in total. The molecule has 172 valence electrons. The van der Waals surface area contributed by atoms with E-state index in [1.54, 1.807) is 4.90 Å². The number of sulfonamides is 1. The molecular formula is C22H32N2O6S. The van der Waals surface area contributed by atoms with Crippen molar-refractivity contribution in [2.75, 3.05) is 39.9 Å². The molecule has 2 aliphatic rings. The molecule has 1 amide bonds. The second-order valence-corrected chi connectivity index (χ2v) is 10.3. The second-order valence-electron chi connectivity index (χ2n) is 8.32. The molecule has 9 heteroatoms. The number of carbonyl (C=O) groups excluding carboxylic acids is 2. The quantitative estimate of drug-likeness (QED) is 0.616. The van der Waals surface area contributed by atoms with Crippen molar-refractivity contribution in [2.24, 2.45) is 5.92 Å². The number of nitrogens with zero attached hydrogens (tertiary/aromatic N) is 2. The first kappa shape index (κ1) is 23.5. The summed E-state index contributed by atoms with van der Waals surface area (Å²) in [5.41, 5.74) is -0.00142. The summed E-state index contributed by atoms with van der Waals surface area (Å²) < 4.78 is 38.1. The lowest BCUT2D eigenvalue weighted by Gasteiger charge is -2.30. The van der Waals surface area contributed by atoms with Gasteiger partial charge < -0.3 is 14.4 Å². The van der Waals surface area contributed by atoms with Gasteiger partial charge in [0.15, 0.2) is 6.61 Å². The number of amides is 1. The van der Waals surface area contributed by atoms with Gasteiger partial charge in [0.2, 0.25) is 10.0 Å². The Morgan fingerprint density at radius 2 is 1.68 bits per heavy atom. The minimum atomic E-state index is -3.73. The molecule has 2 heterocycles. The fraction of sp³-hybridized carbons (Fsp3) is 0.636. The summed E-state index contributed by atoms with van der Waals surface area (Å²) >= 11 is 0. The molecule has 0 atom stereocenters. The van der Waals surface area contributed by atoms with Gasteiger partial charge in [-0.2, -0.15) is 4.31 Å². The number of rotatable bonds is 6. The van der Waals surface area contributed by atoms with Crippen molar-refractivity contribution < 1.29 is 27.5 Å². The van der Waals surface area contributed by atoms with Crippen molar-refractivity contribution in [1.82, 2.24) is 9.21 Å². The molecular weight excluding hydrogens is 420 g/mol. The maximum atomic E-state index is 13.1. The first-order chi connectivity index (χ1) is 14.8. The SMILES string of the molecule is COc1ccc(S(=O)(=O)N2CCCCCC2)cc1C(=O)OCC(=O)N1CCC(C)CC1. The maximum Gasteiger partial charge on any atom is 0.342 e. The van der Waals surface area contributed by atoms with Gasteiger partial charge in [-0.25, -0.2) is 13.2 Å². The monoisotopic (exact) mass is 452 g/mol. The zero-order valence-corrected chi connectivity index (χ0v) is 19.2. The van der Waals surface area contributed by atoms with Gasteiger partial charge in [0, 0.05) is 26.2 Å². The van der Waals surface area contributed by atoms with Crippen LogP contribution in [0.25, 0.3) is 0 Å². The van der Waals surface area contributed by atoms with Gasteiger partial charge in [-0.15, -0.1) is 0 Å². The molecule has 0 aliphatic carbocycles. The summed E-state index contributed by atoms with van der Waals surface area (Å²) in [6.07, 6.45) is 5.53. The molecule has 0 radical (unpaired) electrons. The van der Waals surface area contributed by atoms with Gasteiger partial charge in [-0.1, -0.05) is 19.8 Å². The number of esters is 1. The number of likely N-dealkylation sites (tertiary alicyclic amines) is 1. The van der Waals surface area contributed by atoms with Crippen molar-refractivity contribution in [2.45, 2.75) is 50.3 Å². The third-order valence-corrected chi connectivity index (χ3v) is 7.95. The molecule has 0 saturated carbocycles. The van der Waals surface area contributed by atoms with Crippen LogP contribution < -0.4 is 4.74 Å². The predicted molar refractivity (Wildman–Crippen MR) is 115 cm³/mol. The molecule has 0 bridgehead atoms. The second kappa shape index (κ2) is 10.5. The van der Waals surface area contributed by atoms with Crippen LogP contribution in [0.3, 0.4) is 0 Å². The van der Waals surface area contributed by atoms with E-state index in [4.69, 9.17) is 9.47 Å². The third kappa shape index (κ3) is 5.77. The molecule has 3 rings (SSSR count). The molecule has 1 aromatic carbocycles. The van der Waals surface area contributed by atoms with E-state index in [0.29, 0.717) is 32.1 Å². The lowest BCUT2D eigenvalue weighted by Crippen LogP contribution is -2.40. The number of ether oxygens (including phenoxy) is 2. The first-order valence-electron chi connectivity index (χ1n) is 11.0. The zero-order valence-electron chi connectivity index (χ0n) is 18.3. The normalized spacial score (nSPS) is 19.0. The van der Waals surface area contributed by atoms with Crippen LogP contribution in [0.5, 0.6) is 5.75 Å². The van der Waals surface area contributed by atoms with E-state index >= 15 is 0 Å². The van der Waals surface area contributed by atoms with Gasteiger partial charge in [0.05, 0.1) is 12.0 Å². The number of hydrogen-bond acceptors (Lipinski definition) is 6. The van der Waals surface area contributed by atoms with Gasteiger partial charge in [-0.3, -0.25) is 4.79 Å². The van der Waals surface area contributed by atoms with E-state index in [0.717, 1.165) is 38.5 Å². The Kier molecular flexibility index (Phi) is 7.94. The van der Waals surface area contributed by atoms with Crippen LogP contribution >= 0.6 is 0 Å². The van der Waals surface area contributed by atoms with Gasteiger partial charge in [-0.05, 0) is 49.8 Å². The fourth-order valence-electron chi connectivity index (χ4n) is 3.99. The summed E-state index contributed by atoms with van der Waals surface area (Å²) in [6, 6.07) is 4.18. The average molecular weight is 453 g/mol. The van der Waals surface area contributed by atoms with E-state index in [1.165, 1.54) is 29.6 Å². The number of carbonyl (C=O) groups is 2. The molecule has 0 aromatic heterocycles.